The van der Waals surface area contributed by atoms with Gasteiger partial charge >= 0.3 is 6.18 Å². The molecule has 176 valence electrons. The highest BCUT2D eigenvalue weighted by Gasteiger charge is 2.31. The van der Waals surface area contributed by atoms with Gasteiger partial charge in [-0.25, -0.2) is 4.98 Å². The number of anilines is 1. The average molecular weight is 505 g/mol. The summed E-state index contributed by atoms with van der Waals surface area (Å²) in [5.74, 6) is 1.21. The number of aryl methyl sites for hydroxylation is 2. The molecule has 0 aliphatic heterocycles. The summed E-state index contributed by atoms with van der Waals surface area (Å²) in [6, 6.07) is 16.7. The lowest BCUT2D eigenvalue weighted by Crippen LogP contribution is -2.11. The van der Waals surface area contributed by atoms with Crippen LogP contribution in [0.25, 0.3) is 11.3 Å². The Bertz CT molecular complexity index is 1300. The van der Waals surface area contributed by atoms with Crippen molar-refractivity contribution in [1.29, 1.82) is 0 Å². The van der Waals surface area contributed by atoms with Gasteiger partial charge in [-0.2, -0.15) is 13.2 Å². The van der Waals surface area contributed by atoms with E-state index in [1.54, 1.807) is 6.92 Å². The Balaban J connectivity index is 1.37. The standard InChI is InChI=1S/C25H20ClF3N2O2S/c1-15-22(14-17-13-18(25(27,28)29)7-10-20(17)26)34-24(30-15)31-23(32)12-9-19-8-11-21(33-19)16-5-3-2-4-6-16/h2-8,10-11,13H,9,12,14H2,1H3,(H,30,31,32). The molecule has 2 heterocycles. The van der Waals surface area contributed by atoms with Crippen molar-refractivity contribution >= 4 is 34.0 Å². The molecule has 0 fully saturated rings. The number of halogens is 4. The fourth-order valence-electron chi connectivity index (χ4n) is 3.39. The van der Waals surface area contributed by atoms with Gasteiger partial charge in [0.25, 0.3) is 0 Å². The zero-order valence-electron chi connectivity index (χ0n) is 18.1. The number of thiazole rings is 1. The van der Waals surface area contributed by atoms with E-state index in [4.69, 9.17) is 16.0 Å². The number of nitrogens with one attached hydrogen (secondary N) is 1. The van der Waals surface area contributed by atoms with E-state index in [1.807, 2.05) is 42.5 Å². The summed E-state index contributed by atoms with van der Waals surface area (Å²) in [6.07, 6.45) is -3.63. The first-order chi connectivity index (χ1) is 16.2. The van der Waals surface area contributed by atoms with Crippen molar-refractivity contribution in [3.05, 3.63) is 93.1 Å². The van der Waals surface area contributed by atoms with Crippen LogP contribution < -0.4 is 5.32 Å². The summed E-state index contributed by atoms with van der Waals surface area (Å²) in [5, 5.41) is 3.41. The van der Waals surface area contributed by atoms with E-state index in [0.717, 1.165) is 28.3 Å². The first-order valence-corrected chi connectivity index (χ1v) is 11.6. The Morgan fingerprint density at radius 1 is 1.12 bits per heavy atom. The van der Waals surface area contributed by atoms with Crippen molar-refractivity contribution in [2.45, 2.75) is 32.4 Å². The minimum atomic E-state index is -4.45. The zero-order chi connectivity index (χ0) is 24.3. The molecule has 0 radical (unpaired) electrons. The molecule has 1 N–H and O–H groups in total. The number of amides is 1. The lowest BCUT2D eigenvalue weighted by Gasteiger charge is -2.10. The van der Waals surface area contributed by atoms with Crippen LogP contribution in [0, 0.1) is 6.92 Å². The van der Waals surface area contributed by atoms with Crippen LogP contribution in [0.5, 0.6) is 0 Å². The summed E-state index contributed by atoms with van der Waals surface area (Å²) >= 11 is 7.34. The highest BCUT2D eigenvalue weighted by atomic mass is 35.5. The van der Waals surface area contributed by atoms with Gasteiger partial charge in [0.15, 0.2) is 5.13 Å². The number of hydrogen-bond acceptors (Lipinski definition) is 4. The van der Waals surface area contributed by atoms with Crippen molar-refractivity contribution in [2.75, 3.05) is 5.32 Å². The highest BCUT2D eigenvalue weighted by molar-refractivity contribution is 7.15. The molecule has 9 heteroatoms. The molecule has 0 saturated heterocycles. The molecule has 2 aromatic carbocycles. The lowest BCUT2D eigenvalue weighted by molar-refractivity contribution is -0.137. The largest absolute Gasteiger partial charge is 0.461 e. The smallest absolute Gasteiger partial charge is 0.416 e. The van der Waals surface area contributed by atoms with Crippen molar-refractivity contribution < 1.29 is 22.4 Å². The van der Waals surface area contributed by atoms with E-state index in [9.17, 15) is 18.0 Å². The Labute approximate surface area is 203 Å². The maximum atomic E-state index is 13.0. The topological polar surface area (TPSA) is 55.1 Å². The van der Waals surface area contributed by atoms with Crippen LogP contribution >= 0.6 is 22.9 Å². The fourth-order valence-corrected chi connectivity index (χ4v) is 4.58. The van der Waals surface area contributed by atoms with Gasteiger partial charge in [-0.15, -0.1) is 11.3 Å². The van der Waals surface area contributed by atoms with Gasteiger partial charge in [0, 0.05) is 34.7 Å². The van der Waals surface area contributed by atoms with Gasteiger partial charge in [0.1, 0.15) is 11.5 Å². The lowest BCUT2D eigenvalue weighted by atomic mass is 10.1. The van der Waals surface area contributed by atoms with Gasteiger partial charge in [0.05, 0.1) is 11.3 Å². The van der Waals surface area contributed by atoms with Crippen LogP contribution in [0.15, 0.2) is 65.1 Å². The molecule has 0 saturated carbocycles. The quantitative estimate of drug-likeness (QED) is 0.283. The van der Waals surface area contributed by atoms with Crippen LogP contribution in [0.2, 0.25) is 5.02 Å². The summed E-state index contributed by atoms with van der Waals surface area (Å²) in [4.78, 5) is 17.5. The number of alkyl halides is 3. The third-order valence-electron chi connectivity index (χ3n) is 5.18. The van der Waals surface area contributed by atoms with E-state index in [1.165, 1.54) is 17.4 Å². The highest BCUT2D eigenvalue weighted by Crippen LogP contribution is 2.34. The van der Waals surface area contributed by atoms with Gasteiger partial charge < -0.3 is 9.73 Å². The first-order valence-electron chi connectivity index (χ1n) is 10.4. The summed E-state index contributed by atoms with van der Waals surface area (Å²) in [7, 11) is 0. The maximum Gasteiger partial charge on any atom is 0.416 e. The molecule has 0 bridgehead atoms. The zero-order valence-corrected chi connectivity index (χ0v) is 19.7. The molecule has 0 spiro atoms. The SMILES string of the molecule is Cc1nc(NC(=O)CCc2ccc(-c3ccccc3)o2)sc1Cc1cc(C(F)(F)F)ccc1Cl. The Morgan fingerprint density at radius 2 is 1.88 bits per heavy atom. The second-order valence-electron chi connectivity index (χ2n) is 7.69. The molecule has 4 nitrogen and oxygen atoms in total. The average Bonchev–Trinajstić information content (AvgIpc) is 3.40. The molecule has 4 rings (SSSR count). The normalized spacial score (nSPS) is 11.6. The number of rotatable bonds is 7. The van der Waals surface area contributed by atoms with Gasteiger partial charge in [-0.1, -0.05) is 41.9 Å². The minimum absolute atomic E-state index is 0.191. The molecule has 1 amide bonds. The molecule has 0 unspecified atom stereocenters. The summed E-state index contributed by atoms with van der Waals surface area (Å²) in [5.41, 5.74) is 1.20. The van der Waals surface area contributed by atoms with Gasteiger partial charge in [-0.05, 0) is 42.8 Å². The maximum absolute atomic E-state index is 13.0. The van der Waals surface area contributed by atoms with E-state index in [2.05, 4.69) is 10.3 Å². The molecule has 0 atom stereocenters. The van der Waals surface area contributed by atoms with Crippen LogP contribution in [0.4, 0.5) is 18.3 Å². The van der Waals surface area contributed by atoms with E-state index in [0.29, 0.717) is 28.6 Å². The van der Waals surface area contributed by atoms with E-state index < -0.39 is 11.7 Å². The molecule has 0 aliphatic rings. The van der Waals surface area contributed by atoms with E-state index >= 15 is 0 Å². The predicted octanol–water partition coefficient (Wildman–Crippen LogP) is 7.55. The van der Waals surface area contributed by atoms with Gasteiger partial charge in [0.2, 0.25) is 5.91 Å². The number of nitrogens with zero attached hydrogens (tertiary/aromatic N) is 1. The second kappa shape index (κ2) is 10.0. The Kier molecular flexibility index (Phi) is 7.09. The third-order valence-corrected chi connectivity index (χ3v) is 6.62. The molecular weight excluding hydrogens is 485 g/mol. The number of hydrogen-bond donors (Lipinski definition) is 1. The molecular formula is C25H20ClF3N2O2S. The van der Waals surface area contributed by atoms with Crippen molar-refractivity contribution in [1.82, 2.24) is 4.98 Å². The molecule has 2 aromatic heterocycles. The van der Waals surface area contributed by atoms with Crippen molar-refractivity contribution in [3.8, 4) is 11.3 Å². The number of aromatic nitrogens is 1. The van der Waals surface area contributed by atoms with Crippen molar-refractivity contribution in [2.24, 2.45) is 0 Å². The number of carbonyl (C=O) groups is 1. The van der Waals surface area contributed by atoms with Crippen LogP contribution in [0.1, 0.15) is 33.9 Å². The number of carbonyl (C=O) groups excluding carboxylic acids is 1. The summed E-state index contributed by atoms with van der Waals surface area (Å²) < 4.78 is 44.9. The molecule has 34 heavy (non-hydrogen) atoms. The second-order valence-corrected chi connectivity index (χ2v) is 9.18. The van der Waals surface area contributed by atoms with Crippen LogP contribution in [-0.4, -0.2) is 10.9 Å². The Morgan fingerprint density at radius 3 is 2.62 bits per heavy atom. The van der Waals surface area contributed by atoms with Gasteiger partial charge in [-0.3, -0.25) is 4.79 Å². The monoisotopic (exact) mass is 504 g/mol. The minimum Gasteiger partial charge on any atom is -0.461 e. The summed E-state index contributed by atoms with van der Waals surface area (Å²) in [6.45, 7) is 1.75. The van der Waals surface area contributed by atoms with Crippen LogP contribution in [0.3, 0.4) is 0 Å². The number of benzene rings is 2. The fraction of sp³-hybridized carbons (Fsp3) is 0.200. The third kappa shape index (κ3) is 5.87. The molecule has 4 aromatic rings. The Hall–Kier alpha value is -3.10. The number of furan rings is 1. The van der Waals surface area contributed by atoms with E-state index in [-0.39, 0.29) is 23.8 Å². The van der Waals surface area contributed by atoms with Crippen molar-refractivity contribution in [3.63, 3.8) is 0 Å². The first kappa shape index (κ1) is 24.0. The van der Waals surface area contributed by atoms with Crippen LogP contribution in [-0.2, 0) is 23.8 Å². The predicted molar refractivity (Wildman–Crippen MR) is 127 cm³/mol. The molecule has 0 aliphatic carbocycles.